The van der Waals surface area contributed by atoms with Gasteiger partial charge in [-0.25, -0.2) is 0 Å². The van der Waals surface area contributed by atoms with E-state index in [2.05, 4.69) is 41.9 Å². The summed E-state index contributed by atoms with van der Waals surface area (Å²) in [6.45, 7) is 0. The topological polar surface area (TPSA) is 66.5 Å². The average molecular weight is 275 g/mol. The molecule has 2 N–H and O–H groups in total. The number of aromatic amines is 1. The van der Waals surface area contributed by atoms with Crippen LogP contribution in [-0.2, 0) is 0 Å². The van der Waals surface area contributed by atoms with E-state index in [4.69, 9.17) is 11.6 Å². The zero-order chi connectivity index (χ0) is 9.97. The third kappa shape index (κ3) is 2.02. The van der Waals surface area contributed by atoms with Crippen molar-refractivity contribution < 1.29 is 0 Å². The maximum Gasteiger partial charge on any atom is 0.267 e. The van der Waals surface area contributed by atoms with Crippen LogP contribution in [0.1, 0.15) is 0 Å². The Labute approximate surface area is 93.0 Å². The zero-order valence-electron chi connectivity index (χ0n) is 6.83. The molecule has 0 unspecified atom stereocenters. The highest BCUT2D eigenvalue weighted by molar-refractivity contribution is 9.10. The zero-order valence-corrected chi connectivity index (χ0v) is 9.17. The summed E-state index contributed by atoms with van der Waals surface area (Å²) in [5, 5.41) is 16.9. The average Bonchev–Trinajstić information content (AvgIpc) is 2.64. The summed E-state index contributed by atoms with van der Waals surface area (Å²) < 4.78 is 0.813. The Morgan fingerprint density at radius 3 is 2.93 bits per heavy atom. The van der Waals surface area contributed by atoms with Crippen LogP contribution in [0.25, 0.3) is 0 Å². The summed E-state index contributed by atoms with van der Waals surface area (Å²) in [5.74, 6) is 0.416. The van der Waals surface area contributed by atoms with Crippen LogP contribution in [0.2, 0.25) is 5.02 Å². The highest BCUT2D eigenvalue weighted by atomic mass is 79.9. The van der Waals surface area contributed by atoms with Gasteiger partial charge in [0.2, 0.25) is 0 Å². The molecule has 0 saturated heterocycles. The first kappa shape index (κ1) is 9.42. The van der Waals surface area contributed by atoms with E-state index >= 15 is 0 Å². The molecule has 1 heterocycles. The van der Waals surface area contributed by atoms with Gasteiger partial charge < -0.3 is 5.32 Å². The Morgan fingerprint density at radius 1 is 1.43 bits per heavy atom. The van der Waals surface area contributed by atoms with Crippen molar-refractivity contribution >= 4 is 39.2 Å². The molecule has 0 aliphatic rings. The maximum atomic E-state index is 5.84. The lowest BCUT2D eigenvalue weighted by Gasteiger charge is -2.02. The van der Waals surface area contributed by atoms with Gasteiger partial charge in [-0.1, -0.05) is 16.7 Å². The van der Waals surface area contributed by atoms with Crippen molar-refractivity contribution in [2.24, 2.45) is 0 Å². The van der Waals surface area contributed by atoms with Gasteiger partial charge in [0.15, 0.2) is 0 Å². The first-order chi connectivity index (χ1) is 6.75. The number of hydrogen-bond acceptors (Lipinski definition) is 4. The number of tetrazole rings is 1. The van der Waals surface area contributed by atoms with E-state index in [0.717, 1.165) is 10.2 Å². The minimum Gasteiger partial charge on any atom is -0.322 e. The van der Waals surface area contributed by atoms with Crippen LogP contribution in [-0.4, -0.2) is 20.6 Å². The van der Waals surface area contributed by atoms with Crippen LogP contribution in [0.3, 0.4) is 0 Å². The second kappa shape index (κ2) is 3.93. The Kier molecular flexibility index (Phi) is 2.64. The van der Waals surface area contributed by atoms with Crippen LogP contribution in [0.15, 0.2) is 22.7 Å². The number of aromatic nitrogens is 4. The molecule has 2 aromatic rings. The molecule has 0 amide bonds. The second-order valence-corrected chi connectivity index (χ2v) is 3.75. The molecule has 0 saturated carbocycles. The van der Waals surface area contributed by atoms with E-state index in [9.17, 15) is 0 Å². The van der Waals surface area contributed by atoms with Crippen molar-refractivity contribution in [1.29, 1.82) is 0 Å². The van der Waals surface area contributed by atoms with E-state index in [0.29, 0.717) is 11.0 Å². The summed E-state index contributed by atoms with van der Waals surface area (Å²) in [6.07, 6.45) is 0. The summed E-state index contributed by atoms with van der Waals surface area (Å²) in [5.41, 5.74) is 0.836. The van der Waals surface area contributed by atoms with E-state index in [-0.39, 0.29) is 0 Å². The predicted octanol–water partition coefficient (Wildman–Crippen LogP) is 2.36. The molecule has 5 nitrogen and oxygen atoms in total. The van der Waals surface area contributed by atoms with E-state index < -0.39 is 0 Å². The van der Waals surface area contributed by atoms with Crippen molar-refractivity contribution in [1.82, 2.24) is 20.6 Å². The molecule has 2 rings (SSSR count). The second-order valence-electron chi connectivity index (χ2n) is 2.49. The van der Waals surface area contributed by atoms with Crippen molar-refractivity contribution in [3.63, 3.8) is 0 Å². The van der Waals surface area contributed by atoms with Crippen molar-refractivity contribution in [2.75, 3.05) is 5.32 Å². The number of nitrogens with zero attached hydrogens (tertiary/aromatic N) is 3. The third-order valence-electron chi connectivity index (χ3n) is 1.52. The molecule has 72 valence electrons. The maximum absolute atomic E-state index is 5.84. The van der Waals surface area contributed by atoms with Gasteiger partial charge in [-0.15, -0.1) is 5.10 Å². The van der Waals surface area contributed by atoms with Crippen molar-refractivity contribution in [3.05, 3.63) is 27.7 Å². The van der Waals surface area contributed by atoms with Gasteiger partial charge in [-0.3, -0.25) is 0 Å². The van der Waals surface area contributed by atoms with Crippen LogP contribution >= 0.6 is 27.5 Å². The van der Waals surface area contributed by atoms with Crippen LogP contribution in [0, 0.1) is 0 Å². The highest BCUT2D eigenvalue weighted by Crippen LogP contribution is 2.26. The van der Waals surface area contributed by atoms with Crippen molar-refractivity contribution in [2.45, 2.75) is 0 Å². The van der Waals surface area contributed by atoms with Gasteiger partial charge >= 0.3 is 0 Å². The molecule has 1 aromatic heterocycles. The van der Waals surface area contributed by atoms with Gasteiger partial charge in [0, 0.05) is 10.2 Å². The summed E-state index contributed by atoms with van der Waals surface area (Å²) in [6, 6.07) is 5.43. The van der Waals surface area contributed by atoms with Crippen molar-refractivity contribution in [3.8, 4) is 0 Å². The standard InChI is InChI=1S/C7H5BrClN5/c8-5-3-4(1-2-6(5)9)10-7-11-13-14-12-7/h1-3H,(H2,10,11,12,13,14). The Hall–Kier alpha value is -1.14. The minimum atomic E-state index is 0.416. The van der Waals surface area contributed by atoms with Gasteiger partial charge in [0.05, 0.1) is 5.02 Å². The first-order valence-corrected chi connectivity index (χ1v) is 4.88. The molecule has 0 fully saturated rings. The fraction of sp³-hybridized carbons (Fsp3) is 0. The lowest BCUT2D eigenvalue weighted by atomic mass is 10.3. The number of anilines is 2. The molecule has 7 heteroatoms. The molecular weight excluding hydrogens is 269 g/mol. The van der Waals surface area contributed by atoms with Gasteiger partial charge in [-0.05, 0) is 39.3 Å². The Morgan fingerprint density at radius 2 is 2.29 bits per heavy atom. The smallest absolute Gasteiger partial charge is 0.267 e. The molecular formula is C7H5BrClN5. The molecule has 1 aromatic carbocycles. The van der Waals surface area contributed by atoms with Gasteiger partial charge in [-0.2, -0.15) is 5.21 Å². The first-order valence-electron chi connectivity index (χ1n) is 3.71. The number of rotatable bonds is 2. The van der Waals surface area contributed by atoms with Crippen LogP contribution < -0.4 is 5.32 Å². The number of nitrogens with one attached hydrogen (secondary N) is 2. The van der Waals surface area contributed by atoms with Gasteiger partial charge in [0.1, 0.15) is 0 Å². The molecule has 0 atom stereocenters. The van der Waals surface area contributed by atoms with Crippen LogP contribution in [0.5, 0.6) is 0 Å². The number of halogens is 2. The van der Waals surface area contributed by atoms with Crippen LogP contribution in [0.4, 0.5) is 11.6 Å². The Balaban J connectivity index is 2.22. The quantitative estimate of drug-likeness (QED) is 0.882. The fourth-order valence-corrected chi connectivity index (χ4v) is 1.41. The highest BCUT2D eigenvalue weighted by Gasteiger charge is 2.01. The minimum absolute atomic E-state index is 0.416. The monoisotopic (exact) mass is 273 g/mol. The molecule has 0 radical (unpaired) electrons. The van der Waals surface area contributed by atoms with Gasteiger partial charge in [0.25, 0.3) is 5.95 Å². The predicted molar refractivity (Wildman–Crippen MR) is 56.6 cm³/mol. The molecule has 14 heavy (non-hydrogen) atoms. The fourth-order valence-electron chi connectivity index (χ4n) is 0.918. The Bertz CT molecular complexity index is 430. The van der Waals surface area contributed by atoms with E-state index in [1.54, 1.807) is 6.07 Å². The molecule has 0 bridgehead atoms. The lowest BCUT2D eigenvalue weighted by molar-refractivity contribution is 0.881. The summed E-state index contributed by atoms with van der Waals surface area (Å²) in [4.78, 5) is 0. The van der Waals surface area contributed by atoms with E-state index in [1.807, 2.05) is 12.1 Å². The SMILES string of the molecule is Clc1ccc(Nc2nn[nH]n2)cc1Br. The molecule has 0 spiro atoms. The summed E-state index contributed by atoms with van der Waals surface area (Å²) >= 11 is 9.15. The molecule has 0 aliphatic heterocycles. The third-order valence-corrected chi connectivity index (χ3v) is 2.74. The number of benzene rings is 1. The normalized spacial score (nSPS) is 10.1. The number of hydrogen-bond donors (Lipinski definition) is 2. The van der Waals surface area contributed by atoms with E-state index in [1.165, 1.54) is 0 Å². The largest absolute Gasteiger partial charge is 0.322 e. The number of H-pyrrole nitrogens is 1. The molecule has 0 aliphatic carbocycles. The summed E-state index contributed by atoms with van der Waals surface area (Å²) in [7, 11) is 0. The lowest BCUT2D eigenvalue weighted by Crippen LogP contribution is -1.92.